The molecule has 2 aromatic carbocycles. The highest BCUT2D eigenvalue weighted by molar-refractivity contribution is 5.38. The van der Waals surface area contributed by atoms with Crippen molar-refractivity contribution in [2.75, 3.05) is 26.2 Å². The van der Waals surface area contributed by atoms with E-state index < -0.39 is 0 Å². The molecule has 150 valence electrons. The van der Waals surface area contributed by atoms with E-state index in [0.29, 0.717) is 6.61 Å². The lowest BCUT2D eigenvalue weighted by atomic mass is 10.1. The van der Waals surface area contributed by atoms with Crippen molar-refractivity contribution in [3.05, 3.63) is 94.4 Å². The molecule has 4 rings (SSSR count). The Morgan fingerprint density at radius 1 is 0.828 bits per heavy atom. The van der Waals surface area contributed by atoms with Crippen LogP contribution in [0.2, 0.25) is 0 Å². The first kappa shape index (κ1) is 19.5. The maximum absolute atomic E-state index is 12.6. The Hall–Kier alpha value is -2.85. The smallest absolute Gasteiger partial charge is 0.255 e. The highest BCUT2D eigenvalue weighted by Crippen LogP contribution is 2.15. The molecule has 4 nitrogen and oxygen atoms in total. The molecule has 1 aliphatic heterocycles. The van der Waals surface area contributed by atoms with Crippen LogP contribution in [0, 0.1) is 0 Å². The molecule has 0 spiro atoms. The van der Waals surface area contributed by atoms with Crippen molar-refractivity contribution >= 4 is 0 Å². The van der Waals surface area contributed by atoms with Gasteiger partial charge in [0.15, 0.2) is 0 Å². The average molecular weight is 389 g/mol. The van der Waals surface area contributed by atoms with E-state index in [1.807, 2.05) is 54.7 Å². The van der Waals surface area contributed by atoms with Gasteiger partial charge in [-0.1, -0.05) is 30.3 Å². The summed E-state index contributed by atoms with van der Waals surface area (Å²) in [5.41, 5.74) is 3.21. The fourth-order valence-electron chi connectivity index (χ4n) is 3.82. The number of pyridine rings is 1. The fraction of sp³-hybridized carbons (Fsp3) is 0.320. The van der Waals surface area contributed by atoms with Crippen LogP contribution in [-0.2, 0) is 12.8 Å². The second-order valence-electron chi connectivity index (χ2n) is 7.62. The van der Waals surface area contributed by atoms with E-state index in [1.54, 1.807) is 10.6 Å². The number of likely N-dealkylation sites (tertiary alicyclic amines) is 1. The van der Waals surface area contributed by atoms with Crippen LogP contribution in [0.3, 0.4) is 0 Å². The molecule has 0 N–H and O–H groups in total. The molecule has 0 saturated carbocycles. The number of hydrogen-bond donors (Lipinski definition) is 0. The van der Waals surface area contributed by atoms with Gasteiger partial charge in [0.25, 0.3) is 5.56 Å². The Kier molecular flexibility index (Phi) is 6.42. The molecule has 0 atom stereocenters. The van der Waals surface area contributed by atoms with Crippen LogP contribution < -0.4 is 10.3 Å². The molecule has 0 bridgehead atoms. The summed E-state index contributed by atoms with van der Waals surface area (Å²) in [6.07, 6.45) is 6.27. The zero-order chi connectivity index (χ0) is 19.9. The lowest BCUT2D eigenvalue weighted by molar-refractivity contribution is 0.238. The molecular formula is C25H28N2O2. The topological polar surface area (TPSA) is 34.5 Å². The second-order valence-corrected chi connectivity index (χ2v) is 7.62. The zero-order valence-corrected chi connectivity index (χ0v) is 16.8. The summed E-state index contributed by atoms with van der Waals surface area (Å²) in [6.45, 7) is 4.06. The quantitative estimate of drug-likeness (QED) is 0.583. The van der Waals surface area contributed by atoms with E-state index in [9.17, 15) is 4.79 Å². The number of ether oxygens (including phenoxy) is 1. The van der Waals surface area contributed by atoms with Gasteiger partial charge in [-0.25, -0.2) is 0 Å². The van der Waals surface area contributed by atoms with E-state index in [2.05, 4.69) is 17.0 Å². The summed E-state index contributed by atoms with van der Waals surface area (Å²) in [7, 11) is 0. The van der Waals surface area contributed by atoms with Gasteiger partial charge < -0.3 is 4.74 Å². The third-order valence-corrected chi connectivity index (χ3v) is 5.52. The van der Waals surface area contributed by atoms with Crippen LogP contribution in [0.5, 0.6) is 5.75 Å². The largest absolute Gasteiger partial charge is 0.492 e. The van der Waals surface area contributed by atoms with Gasteiger partial charge in [-0.05, 0) is 80.2 Å². The molecular weight excluding hydrogens is 360 g/mol. The van der Waals surface area contributed by atoms with E-state index in [1.165, 1.54) is 31.5 Å². The Balaban J connectivity index is 1.34. The van der Waals surface area contributed by atoms with Gasteiger partial charge >= 0.3 is 0 Å². The third kappa shape index (κ3) is 5.36. The molecule has 0 amide bonds. The van der Waals surface area contributed by atoms with E-state index in [0.717, 1.165) is 36.4 Å². The van der Waals surface area contributed by atoms with Crippen molar-refractivity contribution in [2.24, 2.45) is 0 Å². The second kappa shape index (κ2) is 9.57. The monoisotopic (exact) mass is 388 g/mol. The van der Waals surface area contributed by atoms with Gasteiger partial charge in [0.05, 0.1) is 0 Å². The minimum Gasteiger partial charge on any atom is -0.492 e. The van der Waals surface area contributed by atoms with Crippen LogP contribution in [-0.4, -0.2) is 35.7 Å². The van der Waals surface area contributed by atoms with Crippen molar-refractivity contribution < 1.29 is 4.74 Å². The maximum Gasteiger partial charge on any atom is 0.255 e. The first-order valence-electron chi connectivity index (χ1n) is 10.5. The van der Waals surface area contributed by atoms with Gasteiger partial charge in [-0.15, -0.1) is 0 Å². The number of aromatic nitrogens is 1. The van der Waals surface area contributed by atoms with E-state index in [4.69, 9.17) is 4.74 Å². The van der Waals surface area contributed by atoms with Crippen molar-refractivity contribution in [3.63, 3.8) is 0 Å². The molecule has 1 aromatic heterocycles. The summed E-state index contributed by atoms with van der Waals surface area (Å²) in [5.74, 6) is 0.848. The summed E-state index contributed by atoms with van der Waals surface area (Å²) in [5, 5.41) is 0. The summed E-state index contributed by atoms with van der Waals surface area (Å²) < 4.78 is 7.53. The standard InChI is InChI=1S/C25H28N2O2/c28-25-20-22(9-8-21-6-2-1-3-7-21)14-17-27(25)23-10-12-24(13-11-23)29-19-18-26-15-4-5-16-26/h1-3,6-7,10-14,17,20H,4-5,8-9,15-16,18-19H2. The van der Waals surface area contributed by atoms with Crippen LogP contribution in [0.1, 0.15) is 24.0 Å². The highest BCUT2D eigenvalue weighted by Gasteiger charge is 2.10. The number of benzene rings is 2. The zero-order valence-electron chi connectivity index (χ0n) is 16.8. The van der Waals surface area contributed by atoms with Crippen molar-refractivity contribution in [1.29, 1.82) is 0 Å². The van der Waals surface area contributed by atoms with Gasteiger partial charge in [-0.3, -0.25) is 14.3 Å². The van der Waals surface area contributed by atoms with Crippen LogP contribution in [0.4, 0.5) is 0 Å². The first-order valence-corrected chi connectivity index (χ1v) is 10.5. The van der Waals surface area contributed by atoms with E-state index in [-0.39, 0.29) is 5.56 Å². The maximum atomic E-state index is 12.6. The predicted octanol–water partition coefficient (Wildman–Crippen LogP) is 4.10. The normalized spacial score (nSPS) is 14.2. The van der Waals surface area contributed by atoms with Gasteiger partial charge in [0.1, 0.15) is 12.4 Å². The molecule has 3 aromatic rings. The summed E-state index contributed by atoms with van der Waals surface area (Å²) in [4.78, 5) is 15.0. The molecule has 1 aliphatic rings. The van der Waals surface area contributed by atoms with Crippen molar-refractivity contribution in [3.8, 4) is 11.4 Å². The minimum atomic E-state index is -0.00161. The predicted molar refractivity (Wildman–Crippen MR) is 117 cm³/mol. The van der Waals surface area contributed by atoms with Crippen LogP contribution in [0.15, 0.2) is 77.7 Å². The number of hydrogen-bond acceptors (Lipinski definition) is 3. The van der Waals surface area contributed by atoms with Crippen LogP contribution in [0.25, 0.3) is 5.69 Å². The lowest BCUT2D eigenvalue weighted by Crippen LogP contribution is -2.25. The molecule has 1 fully saturated rings. The fourth-order valence-corrected chi connectivity index (χ4v) is 3.82. The summed E-state index contributed by atoms with van der Waals surface area (Å²) >= 11 is 0. The van der Waals surface area contributed by atoms with Gasteiger partial charge in [0, 0.05) is 24.5 Å². The van der Waals surface area contributed by atoms with Crippen molar-refractivity contribution in [2.45, 2.75) is 25.7 Å². The molecule has 29 heavy (non-hydrogen) atoms. The van der Waals surface area contributed by atoms with Gasteiger partial charge in [-0.2, -0.15) is 0 Å². The van der Waals surface area contributed by atoms with Crippen molar-refractivity contribution in [1.82, 2.24) is 9.47 Å². The minimum absolute atomic E-state index is 0.00161. The number of nitrogens with zero attached hydrogens (tertiary/aromatic N) is 2. The molecule has 0 radical (unpaired) electrons. The van der Waals surface area contributed by atoms with E-state index >= 15 is 0 Å². The molecule has 0 aliphatic carbocycles. The molecule has 2 heterocycles. The number of rotatable bonds is 8. The van der Waals surface area contributed by atoms with Crippen LogP contribution >= 0.6 is 0 Å². The van der Waals surface area contributed by atoms with Gasteiger partial charge in [0.2, 0.25) is 0 Å². The molecule has 4 heteroatoms. The third-order valence-electron chi connectivity index (χ3n) is 5.52. The first-order chi connectivity index (χ1) is 14.3. The lowest BCUT2D eigenvalue weighted by Gasteiger charge is -2.15. The SMILES string of the molecule is O=c1cc(CCc2ccccc2)ccn1-c1ccc(OCCN2CCCC2)cc1. The Morgan fingerprint density at radius 2 is 1.55 bits per heavy atom. The number of aryl methyl sites for hydroxylation is 2. The Labute approximate surface area is 172 Å². The molecule has 0 unspecified atom stereocenters. The Morgan fingerprint density at radius 3 is 2.28 bits per heavy atom. The summed E-state index contributed by atoms with van der Waals surface area (Å²) in [6, 6.07) is 21.9. The average Bonchev–Trinajstić information content (AvgIpc) is 3.27. The molecule has 1 saturated heterocycles. The Bertz CT molecular complexity index is 958. The highest BCUT2D eigenvalue weighted by atomic mass is 16.5.